The Hall–Kier alpha value is -1.04. The first kappa shape index (κ1) is 10.0. The first-order valence-electron chi connectivity index (χ1n) is 3.70. The van der Waals surface area contributed by atoms with Crippen LogP contribution in [0.2, 0.25) is 0 Å². The summed E-state index contributed by atoms with van der Waals surface area (Å²) in [6.45, 7) is -1.17. The van der Waals surface area contributed by atoms with Crippen molar-refractivity contribution in [3.8, 4) is 0 Å². The second-order valence-corrected chi connectivity index (χ2v) is 2.63. The molecule has 0 radical (unpaired) electrons. The second-order valence-electron chi connectivity index (χ2n) is 2.63. The van der Waals surface area contributed by atoms with Crippen LogP contribution in [-0.4, -0.2) is 27.7 Å². The van der Waals surface area contributed by atoms with E-state index in [4.69, 9.17) is 5.11 Å². The number of alkyl halides is 3. The largest absolute Gasteiger partial charge is 0.408 e. The van der Waals surface area contributed by atoms with E-state index in [-0.39, 0.29) is 6.61 Å². The highest BCUT2D eigenvalue weighted by Crippen LogP contribution is 2.17. The highest BCUT2D eigenvalue weighted by molar-refractivity contribution is 5.03. The van der Waals surface area contributed by atoms with Gasteiger partial charge in [-0.25, -0.2) is 0 Å². The van der Waals surface area contributed by atoms with Crippen molar-refractivity contribution in [2.75, 3.05) is 6.61 Å². The Morgan fingerprint density at radius 1 is 1.46 bits per heavy atom. The average molecular weight is 194 g/mol. The van der Waals surface area contributed by atoms with E-state index in [2.05, 4.69) is 5.10 Å². The van der Waals surface area contributed by atoms with Crippen LogP contribution in [0.25, 0.3) is 0 Å². The molecule has 0 spiro atoms. The smallest absolute Gasteiger partial charge is 0.396 e. The molecule has 1 rings (SSSR count). The lowest BCUT2D eigenvalue weighted by Gasteiger charge is -2.04. The number of hydrogen-bond acceptors (Lipinski definition) is 2. The van der Waals surface area contributed by atoms with Crippen LogP contribution in [0.1, 0.15) is 5.56 Å². The summed E-state index contributed by atoms with van der Waals surface area (Å²) in [6, 6.07) is 0. The SMILES string of the molecule is OCCc1cnn(CC(F)(F)F)c1. The van der Waals surface area contributed by atoms with Crippen LogP contribution in [0.4, 0.5) is 13.2 Å². The molecular weight excluding hydrogens is 185 g/mol. The molecule has 0 bridgehead atoms. The van der Waals surface area contributed by atoms with E-state index < -0.39 is 12.7 Å². The third kappa shape index (κ3) is 3.45. The minimum atomic E-state index is -4.25. The molecule has 0 aliphatic carbocycles. The van der Waals surface area contributed by atoms with Gasteiger partial charge in [-0.15, -0.1) is 0 Å². The van der Waals surface area contributed by atoms with Crippen LogP contribution < -0.4 is 0 Å². The lowest BCUT2D eigenvalue weighted by molar-refractivity contribution is -0.142. The van der Waals surface area contributed by atoms with Gasteiger partial charge in [-0.3, -0.25) is 4.68 Å². The Morgan fingerprint density at radius 2 is 2.15 bits per heavy atom. The molecule has 6 heteroatoms. The van der Waals surface area contributed by atoms with Gasteiger partial charge in [0.25, 0.3) is 0 Å². The highest BCUT2D eigenvalue weighted by Gasteiger charge is 2.28. The standard InChI is InChI=1S/C7H9F3N2O/c8-7(9,10)5-12-4-6(1-2-13)3-11-12/h3-4,13H,1-2,5H2. The van der Waals surface area contributed by atoms with Gasteiger partial charge in [-0.05, 0) is 12.0 Å². The number of nitrogens with zero attached hydrogens (tertiary/aromatic N) is 2. The zero-order valence-corrected chi connectivity index (χ0v) is 6.75. The van der Waals surface area contributed by atoms with Crippen molar-refractivity contribution in [2.24, 2.45) is 0 Å². The van der Waals surface area contributed by atoms with Crippen LogP contribution >= 0.6 is 0 Å². The number of aromatic nitrogens is 2. The van der Waals surface area contributed by atoms with E-state index in [1.54, 1.807) is 0 Å². The van der Waals surface area contributed by atoms with Crippen molar-refractivity contribution in [1.82, 2.24) is 9.78 Å². The molecule has 13 heavy (non-hydrogen) atoms. The Kier molecular flexibility index (Phi) is 2.92. The molecular formula is C7H9F3N2O. The maximum absolute atomic E-state index is 11.8. The van der Waals surface area contributed by atoms with Crippen LogP contribution in [0, 0.1) is 0 Å². The normalized spacial score (nSPS) is 12.0. The molecule has 0 saturated heterocycles. The third-order valence-electron chi connectivity index (χ3n) is 1.43. The number of hydrogen-bond donors (Lipinski definition) is 1. The molecule has 0 atom stereocenters. The second kappa shape index (κ2) is 3.78. The molecule has 0 saturated carbocycles. The Morgan fingerprint density at radius 3 is 2.69 bits per heavy atom. The minimum absolute atomic E-state index is 0.0856. The van der Waals surface area contributed by atoms with Gasteiger partial charge in [-0.1, -0.05) is 0 Å². The lowest BCUT2D eigenvalue weighted by atomic mass is 10.3. The van der Waals surface area contributed by atoms with Crippen LogP contribution in [-0.2, 0) is 13.0 Å². The van der Waals surface area contributed by atoms with Crippen LogP contribution in [0.5, 0.6) is 0 Å². The summed E-state index contributed by atoms with van der Waals surface area (Å²) in [5.74, 6) is 0. The summed E-state index contributed by atoms with van der Waals surface area (Å²) in [5.41, 5.74) is 0.603. The highest BCUT2D eigenvalue weighted by atomic mass is 19.4. The molecule has 0 amide bonds. The summed E-state index contributed by atoms with van der Waals surface area (Å²) in [7, 11) is 0. The summed E-state index contributed by atoms with van der Waals surface area (Å²) in [6.07, 6.45) is -1.31. The molecule has 1 heterocycles. The maximum Gasteiger partial charge on any atom is 0.408 e. The van der Waals surface area contributed by atoms with Gasteiger partial charge in [0.2, 0.25) is 0 Å². The first-order valence-corrected chi connectivity index (χ1v) is 3.70. The summed E-state index contributed by atoms with van der Waals surface area (Å²) in [4.78, 5) is 0. The molecule has 0 aliphatic rings. The quantitative estimate of drug-likeness (QED) is 0.778. The summed E-state index contributed by atoms with van der Waals surface area (Å²) < 4.78 is 36.3. The predicted molar refractivity (Wildman–Crippen MR) is 39.1 cm³/mol. The van der Waals surface area contributed by atoms with E-state index in [0.717, 1.165) is 4.68 Å². The maximum atomic E-state index is 11.8. The molecule has 74 valence electrons. The van der Waals surface area contributed by atoms with Gasteiger partial charge in [0, 0.05) is 12.8 Å². The monoisotopic (exact) mass is 194 g/mol. The molecule has 0 aliphatic heterocycles. The van der Waals surface area contributed by atoms with Gasteiger partial charge in [-0.2, -0.15) is 18.3 Å². The van der Waals surface area contributed by atoms with Gasteiger partial charge in [0.05, 0.1) is 6.20 Å². The van der Waals surface area contributed by atoms with Crippen LogP contribution in [0.15, 0.2) is 12.4 Å². The van der Waals surface area contributed by atoms with Crippen molar-refractivity contribution in [3.63, 3.8) is 0 Å². The topological polar surface area (TPSA) is 38.1 Å². The lowest BCUT2D eigenvalue weighted by Crippen LogP contribution is -2.17. The molecule has 1 N–H and O–H groups in total. The minimum Gasteiger partial charge on any atom is -0.396 e. The average Bonchev–Trinajstić information content (AvgIpc) is 2.33. The Bertz CT molecular complexity index is 269. The third-order valence-corrected chi connectivity index (χ3v) is 1.43. The fourth-order valence-electron chi connectivity index (χ4n) is 0.935. The summed E-state index contributed by atoms with van der Waals surface area (Å²) in [5, 5.41) is 12.0. The van der Waals surface area contributed by atoms with Crippen molar-refractivity contribution in [2.45, 2.75) is 19.1 Å². The molecule has 0 unspecified atom stereocenters. The number of aliphatic hydroxyl groups is 1. The predicted octanol–water partition coefficient (Wildman–Crippen LogP) is 0.980. The van der Waals surface area contributed by atoms with E-state index >= 15 is 0 Å². The number of rotatable bonds is 3. The van der Waals surface area contributed by atoms with E-state index in [1.165, 1.54) is 12.4 Å². The molecule has 0 aromatic carbocycles. The molecule has 0 fully saturated rings. The molecule has 1 aromatic heterocycles. The van der Waals surface area contributed by atoms with E-state index in [9.17, 15) is 13.2 Å². The first-order chi connectivity index (χ1) is 6.01. The number of halogens is 3. The van der Waals surface area contributed by atoms with Crippen molar-refractivity contribution >= 4 is 0 Å². The van der Waals surface area contributed by atoms with Gasteiger partial charge in [0.1, 0.15) is 6.54 Å². The fraction of sp³-hybridized carbons (Fsp3) is 0.571. The van der Waals surface area contributed by atoms with Crippen molar-refractivity contribution in [1.29, 1.82) is 0 Å². The molecule has 1 aromatic rings. The van der Waals surface area contributed by atoms with Gasteiger partial charge < -0.3 is 5.11 Å². The van der Waals surface area contributed by atoms with E-state index in [0.29, 0.717) is 12.0 Å². The van der Waals surface area contributed by atoms with Crippen LogP contribution in [0.3, 0.4) is 0 Å². The zero-order chi connectivity index (χ0) is 9.90. The van der Waals surface area contributed by atoms with E-state index in [1.807, 2.05) is 0 Å². The van der Waals surface area contributed by atoms with Crippen molar-refractivity contribution < 1.29 is 18.3 Å². The zero-order valence-electron chi connectivity index (χ0n) is 6.75. The van der Waals surface area contributed by atoms with Gasteiger partial charge >= 0.3 is 6.18 Å². The Labute approximate surface area is 72.8 Å². The number of aliphatic hydroxyl groups excluding tert-OH is 1. The summed E-state index contributed by atoms with van der Waals surface area (Å²) >= 11 is 0. The Balaban J connectivity index is 2.59. The molecule has 3 nitrogen and oxygen atoms in total. The van der Waals surface area contributed by atoms with Crippen molar-refractivity contribution in [3.05, 3.63) is 18.0 Å². The van der Waals surface area contributed by atoms with Gasteiger partial charge in [0.15, 0.2) is 0 Å². The fourth-order valence-corrected chi connectivity index (χ4v) is 0.935.